The maximum atomic E-state index is 14.3. The third kappa shape index (κ3) is 2.58. The second-order valence-electron chi connectivity index (χ2n) is 11.8. The fraction of sp³-hybridized carbons (Fsp3) is 0.630. The van der Waals surface area contributed by atoms with Gasteiger partial charge in [-0.25, -0.2) is 9.59 Å². The molecule has 9 atom stereocenters. The van der Waals surface area contributed by atoms with Crippen molar-refractivity contribution < 1.29 is 42.5 Å². The van der Waals surface area contributed by atoms with Crippen molar-refractivity contribution in [3.8, 4) is 0 Å². The minimum absolute atomic E-state index is 0.161. The van der Waals surface area contributed by atoms with E-state index >= 15 is 0 Å². The summed E-state index contributed by atoms with van der Waals surface area (Å²) in [7, 11) is 1.29. The Kier molecular flexibility index (Phi) is 4.70. The fourth-order valence-electron chi connectivity index (χ4n) is 8.54. The van der Waals surface area contributed by atoms with Gasteiger partial charge in [0.05, 0.1) is 43.4 Å². The molecule has 3 aliphatic heterocycles. The van der Waals surface area contributed by atoms with Crippen LogP contribution in [0.5, 0.6) is 0 Å². The smallest absolute Gasteiger partial charge is 0.336 e. The molecule has 4 heterocycles. The van der Waals surface area contributed by atoms with Crippen molar-refractivity contribution in [1.29, 1.82) is 0 Å². The van der Waals surface area contributed by atoms with Crippen LogP contribution in [0.1, 0.15) is 45.8 Å². The number of carbonyl (C=O) groups excluding carboxylic acids is 4. The Morgan fingerprint density at radius 1 is 1.17 bits per heavy atom. The minimum atomic E-state index is -1.34. The number of hydrogen-bond donors (Lipinski definition) is 0. The summed E-state index contributed by atoms with van der Waals surface area (Å²) in [5.74, 6) is -3.93. The van der Waals surface area contributed by atoms with E-state index in [1.54, 1.807) is 19.1 Å². The zero-order chi connectivity index (χ0) is 25.8. The van der Waals surface area contributed by atoms with Crippen molar-refractivity contribution in [3.05, 3.63) is 36.3 Å². The average Bonchev–Trinajstić information content (AvgIpc) is 3.53. The molecular weight excluding hydrogens is 468 g/mol. The number of fused-ring (bicyclic) bond motifs is 2. The number of esters is 2. The molecule has 0 N–H and O–H groups in total. The van der Waals surface area contributed by atoms with E-state index in [1.807, 2.05) is 20.8 Å². The molecule has 0 spiro atoms. The highest BCUT2D eigenvalue weighted by atomic mass is 16.6. The monoisotopic (exact) mass is 498 g/mol. The van der Waals surface area contributed by atoms with Crippen LogP contribution in [0, 0.1) is 34.0 Å². The second-order valence-corrected chi connectivity index (χ2v) is 11.8. The van der Waals surface area contributed by atoms with Crippen molar-refractivity contribution in [3.63, 3.8) is 0 Å². The number of rotatable bonds is 3. The van der Waals surface area contributed by atoms with Gasteiger partial charge in [-0.2, -0.15) is 0 Å². The largest absolute Gasteiger partial charge is 0.472 e. The number of hydrogen-bond acceptors (Lipinski definition) is 9. The van der Waals surface area contributed by atoms with Crippen LogP contribution in [-0.4, -0.2) is 55.0 Å². The number of methoxy groups -OCH3 is 1. The van der Waals surface area contributed by atoms with Crippen molar-refractivity contribution in [2.75, 3.05) is 13.7 Å². The summed E-state index contributed by atoms with van der Waals surface area (Å²) in [6.07, 6.45) is 3.99. The highest BCUT2D eigenvalue weighted by Gasteiger charge is 2.82. The van der Waals surface area contributed by atoms with Gasteiger partial charge in [-0.3, -0.25) is 9.59 Å². The Morgan fingerprint density at radius 3 is 2.58 bits per heavy atom. The van der Waals surface area contributed by atoms with Gasteiger partial charge in [0.15, 0.2) is 6.10 Å². The van der Waals surface area contributed by atoms with Gasteiger partial charge in [-0.15, -0.1) is 0 Å². The van der Waals surface area contributed by atoms with Crippen LogP contribution in [0.3, 0.4) is 0 Å². The summed E-state index contributed by atoms with van der Waals surface area (Å²) < 4.78 is 28.5. The SMILES string of the molecule is COC(=O)C=C[C@]12COC(C)(C)[C@@H]1C[C@@H]1O[C@H]3C(=O)O[C@H](c4ccoc4)[C@]4(C)C(=O)C(=O)[C@@H]2[C@]1(C)[C@@H]34. The first kappa shape index (κ1) is 23.6. The number of carbonyl (C=O) groups is 4. The Labute approximate surface area is 208 Å². The molecule has 9 nitrogen and oxygen atoms in total. The summed E-state index contributed by atoms with van der Waals surface area (Å²) >= 11 is 0. The second kappa shape index (κ2) is 7.16. The third-order valence-corrected chi connectivity index (χ3v) is 9.98. The van der Waals surface area contributed by atoms with Gasteiger partial charge in [0.2, 0.25) is 11.6 Å². The topological polar surface area (TPSA) is 118 Å². The van der Waals surface area contributed by atoms with Gasteiger partial charge in [-0.05, 0) is 33.3 Å². The number of ether oxygens (including phenoxy) is 4. The van der Waals surface area contributed by atoms with Gasteiger partial charge in [0, 0.05) is 40.2 Å². The molecule has 192 valence electrons. The van der Waals surface area contributed by atoms with Crippen LogP contribution < -0.4 is 0 Å². The standard InChI is InChI=1S/C27H30O9/c1-24(2)14-10-15-25(3)19(27(14,12-34-24)8-6-16(28)32-5)17(29)21(30)26(4)20(25)18(35-15)23(31)36-22(26)13-7-9-33-11-13/h6-9,11,14-15,18-20,22H,10,12H2,1-5H3/t14-,15-,18+,19+,20+,22+,25+,26-,27-/m0/s1. The molecule has 1 aromatic heterocycles. The van der Waals surface area contributed by atoms with E-state index < -0.39 is 75.5 Å². The van der Waals surface area contributed by atoms with Crippen molar-refractivity contribution in [2.45, 2.75) is 58.0 Å². The Morgan fingerprint density at radius 2 is 1.92 bits per heavy atom. The van der Waals surface area contributed by atoms with Gasteiger partial charge < -0.3 is 23.4 Å². The molecule has 0 radical (unpaired) electrons. The van der Waals surface area contributed by atoms with E-state index in [0.717, 1.165) is 0 Å². The molecule has 1 aromatic rings. The summed E-state index contributed by atoms with van der Waals surface area (Å²) in [5.41, 5.74) is -3.29. The van der Waals surface area contributed by atoms with E-state index in [4.69, 9.17) is 23.4 Å². The van der Waals surface area contributed by atoms with Gasteiger partial charge >= 0.3 is 11.9 Å². The number of Topliss-reactive ketones (excluding diaryl/α,β-unsaturated/α-hetero) is 2. The van der Waals surface area contributed by atoms with Crippen LogP contribution in [0.2, 0.25) is 0 Å². The Balaban J connectivity index is 1.57. The first-order valence-electron chi connectivity index (χ1n) is 12.3. The van der Waals surface area contributed by atoms with Crippen LogP contribution in [0.15, 0.2) is 35.2 Å². The molecule has 5 aliphatic rings. The summed E-state index contributed by atoms with van der Waals surface area (Å²) in [4.78, 5) is 53.9. The van der Waals surface area contributed by atoms with Crippen LogP contribution in [-0.2, 0) is 38.1 Å². The molecule has 6 rings (SSSR count). The van der Waals surface area contributed by atoms with Gasteiger partial charge in [0.25, 0.3) is 0 Å². The predicted molar refractivity (Wildman–Crippen MR) is 121 cm³/mol. The normalized spacial score (nSPS) is 46.4. The van der Waals surface area contributed by atoms with E-state index in [-0.39, 0.29) is 12.5 Å². The van der Waals surface area contributed by atoms with Crippen LogP contribution in [0.4, 0.5) is 0 Å². The summed E-state index contributed by atoms with van der Waals surface area (Å²) in [5, 5.41) is 0. The summed E-state index contributed by atoms with van der Waals surface area (Å²) in [6.45, 7) is 7.71. The Hall–Kier alpha value is -2.78. The first-order valence-corrected chi connectivity index (χ1v) is 12.3. The zero-order valence-corrected chi connectivity index (χ0v) is 20.9. The molecule has 0 amide bonds. The molecule has 9 heteroatoms. The van der Waals surface area contributed by atoms with E-state index in [0.29, 0.717) is 12.0 Å². The van der Waals surface area contributed by atoms with E-state index in [2.05, 4.69) is 0 Å². The molecular formula is C27H30O9. The molecule has 3 saturated heterocycles. The minimum Gasteiger partial charge on any atom is -0.472 e. The number of furan rings is 1. The predicted octanol–water partition coefficient (Wildman–Crippen LogP) is 2.59. The van der Waals surface area contributed by atoms with E-state index in [1.165, 1.54) is 25.7 Å². The molecule has 2 saturated carbocycles. The first-order chi connectivity index (χ1) is 16.9. The highest BCUT2D eigenvalue weighted by molar-refractivity contribution is 6.41. The zero-order valence-electron chi connectivity index (χ0n) is 20.9. The lowest BCUT2D eigenvalue weighted by molar-refractivity contribution is -0.208. The molecule has 36 heavy (non-hydrogen) atoms. The molecule has 2 aliphatic carbocycles. The van der Waals surface area contributed by atoms with Crippen LogP contribution >= 0.6 is 0 Å². The lowest BCUT2D eigenvalue weighted by Gasteiger charge is -2.62. The van der Waals surface area contributed by atoms with Gasteiger partial charge in [0.1, 0.15) is 6.10 Å². The molecule has 0 bridgehead atoms. The third-order valence-electron chi connectivity index (χ3n) is 9.98. The summed E-state index contributed by atoms with van der Waals surface area (Å²) in [6, 6.07) is 1.65. The van der Waals surface area contributed by atoms with Crippen molar-refractivity contribution in [1.82, 2.24) is 0 Å². The maximum absolute atomic E-state index is 14.3. The van der Waals surface area contributed by atoms with Crippen LogP contribution in [0.25, 0.3) is 0 Å². The highest BCUT2D eigenvalue weighted by Crippen LogP contribution is 2.74. The molecule has 0 aromatic carbocycles. The quantitative estimate of drug-likeness (QED) is 0.352. The van der Waals surface area contributed by atoms with Gasteiger partial charge in [-0.1, -0.05) is 13.0 Å². The van der Waals surface area contributed by atoms with Crippen molar-refractivity contribution in [2.24, 2.45) is 34.0 Å². The fourth-order valence-corrected chi connectivity index (χ4v) is 8.54. The maximum Gasteiger partial charge on any atom is 0.336 e. The Bertz CT molecular complexity index is 1200. The van der Waals surface area contributed by atoms with E-state index in [9.17, 15) is 19.2 Å². The number of ketones is 2. The average molecular weight is 499 g/mol. The number of cyclic esters (lactones) is 1. The molecule has 0 unspecified atom stereocenters. The lowest BCUT2D eigenvalue weighted by Crippen LogP contribution is -2.71. The van der Waals surface area contributed by atoms with Crippen molar-refractivity contribution >= 4 is 23.5 Å². The molecule has 5 fully saturated rings. The lowest BCUT2D eigenvalue weighted by atomic mass is 9.38.